The van der Waals surface area contributed by atoms with Crippen molar-refractivity contribution in [3.05, 3.63) is 29.6 Å². The first-order valence-corrected chi connectivity index (χ1v) is 5.11. The number of carbonyl (C=O) groups excluding carboxylic acids is 2. The number of amides is 1. The van der Waals surface area contributed by atoms with Gasteiger partial charge in [0.25, 0.3) is 5.91 Å². The molecule has 1 rings (SSSR count). The maximum absolute atomic E-state index is 11.8. The van der Waals surface area contributed by atoms with Crippen LogP contribution in [0.25, 0.3) is 0 Å². The number of pyridine rings is 1. The Morgan fingerprint density at radius 2 is 2.00 bits per heavy atom. The molecule has 0 saturated carbocycles. The van der Waals surface area contributed by atoms with Gasteiger partial charge in [-0.15, -0.1) is 0 Å². The van der Waals surface area contributed by atoms with Gasteiger partial charge in [-0.1, -0.05) is 0 Å². The average molecular weight is 260 g/mol. The Balaban J connectivity index is 2.54. The summed E-state index contributed by atoms with van der Waals surface area (Å²) in [5.41, 5.74) is 0.309. The summed E-state index contributed by atoms with van der Waals surface area (Å²) in [6.45, 7) is 0.846. The number of alkyl halides is 3. The normalized spacial score (nSPS) is 11.1. The zero-order chi connectivity index (χ0) is 13.8. The molecule has 7 heteroatoms. The van der Waals surface area contributed by atoms with Crippen LogP contribution in [0.5, 0.6) is 0 Å². The van der Waals surface area contributed by atoms with Crippen LogP contribution in [0.2, 0.25) is 0 Å². The van der Waals surface area contributed by atoms with Crippen molar-refractivity contribution in [1.29, 1.82) is 0 Å². The fourth-order valence-electron chi connectivity index (χ4n) is 1.14. The van der Waals surface area contributed by atoms with Crippen LogP contribution in [0.4, 0.5) is 13.2 Å². The molecule has 0 aromatic carbocycles. The van der Waals surface area contributed by atoms with E-state index in [0.717, 1.165) is 0 Å². The maximum atomic E-state index is 11.8. The van der Waals surface area contributed by atoms with E-state index in [1.54, 1.807) is 0 Å². The van der Waals surface area contributed by atoms with Crippen LogP contribution in [-0.2, 0) is 0 Å². The summed E-state index contributed by atoms with van der Waals surface area (Å²) in [5.74, 6) is -0.902. The van der Waals surface area contributed by atoms with Crippen molar-refractivity contribution in [3.8, 4) is 0 Å². The van der Waals surface area contributed by atoms with Crippen LogP contribution in [-0.4, -0.2) is 29.4 Å². The zero-order valence-corrected chi connectivity index (χ0v) is 9.54. The smallest absolute Gasteiger partial charge is 0.350 e. The number of rotatable bonds is 4. The molecule has 0 aliphatic heterocycles. The lowest BCUT2D eigenvalue weighted by molar-refractivity contribution is -0.133. The molecule has 0 bridgehead atoms. The van der Waals surface area contributed by atoms with E-state index in [1.165, 1.54) is 25.3 Å². The maximum Gasteiger partial charge on any atom is 0.390 e. The molecule has 0 atom stereocenters. The molecular weight excluding hydrogens is 249 g/mol. The van der Waals surface area contributed by atoms with E-state index in [0.29, 0.717) is 5.56 Å². The Hall–Kier alpha value is -1.92. The van der Waals surface area contributed by atoms with Gasteiger partial charge in [0.2, 0.25) is 0 Å². The van der Waals surface area contributed by atoms with E-state index in [9.17, 15) is 22.8 Å². The van der Waals surface area contributed by atoms with Gasteiger partial charge in [-0.3, -0.25) is 14.6 Å². The fraction of sp³-hybridized carbons (Fsp3) is 0.364. The molecule has 1 heterocycles. The Kier molecular flexibility index (Phi) is 4.41. The number of nitrogens with zero attached hydrogens (tertiary/aromatic N) is 1. The molecule has 0 unspecified atom stereocenters. The number of halogens is 3. The van der Waals surface area contributed by atoms with Gasteiger partial charge >= 0.3 is 6.18 Å². The Morgan fingerprint density at radius 3 is 2.44 bits per heavy atom. The predicted octanol–water partition coefficient (Wildman–Crippen LogP) is 1.97. The molecular formula is C11H11F3N2O2. The van der Waals surface area contributed by atoms with Crippen LogP contribution < -0.4 is 5.32 Å². The molecule has 18 heavy (non-hydrogen) atoms. The highest BCUT2D eigenvalue weighted by atomic mass is 19.4. The Bertz CT molecular complexity index is 441. The molecule has 98 valence electrons. The minimum Gasteiger partial charge on any atom is -0.350 e. The number of hydrogen-bond donors (Lipinski definition) is 1. The molecule has 1 amide bonds. The van der Waals surface area contributed by atoms with Crippen LogP contribution in [0, 0.1) is 0 Å². The molecule has 1 aromatic rings. The highest BCUT2D eigenvalue weighted by molar-refractivity contribution is 5.96. The molecule has 0 radical (unpaired) electrons. The number of hydrogen-bond acceptors (Lipinski definition) is 3. The lowest BCUT2D eigenvalue weighted by Gasteiger charge is -2.07. The molecule has 0 aliphatic carbocycles. The molecule has 0 saturated heterocycles. The van der Waals surface area contributed by atoms with Crippen molar-refractivity contribution in [2.45, 2.75) is 19.5 Å². The molecule has 0 fully saturated rings. The first-order chi connectivity index (χ1) is 8.29. The van der Waals surface area contributed by atoms with Gasteiger partial charge < -0.3 is 5.32 Å². The minimum absolute atomic E-state index is 0.0258. The largest absolute Gasteiger partial charge is 0.390 e. The van der Waals surface area contributed by atoms with Gasteiger partial charge in [0.05, 0.1) is 6.42 Å². The number of carbonyl (C=O) groups is 2. The van der Waals surface area contributed by atoms with Gasteiger partial charge in [0.15, 0.2) is 5.78 Å². The van der Waals surface area contributed by atoms with Crippen LogP contribution in [0.15, 0.2) is 18.3 Å². The first kappa shape index (κ1) is 14.1. The third-order valence-electron chi connectivity index (χ3n) is 2.10. The van der Waals surface area contributed by atoms with Gasteiger partial charge in [-0.2, -0.15) is 13.2 Å². The SMILES string of the molecule is CC(=O)c1ccc(C(=O)NCCC(F)(F)F)nc1. The fourth-order valence-corrected chi connectivity index (χ4v) is 1.14. The molecule has 0 aliphatic rings. The van der Waals surface area contributed by atoms with E-state index in [1.807, 2.05) is 0 Å². The van der Waals surface area contributed by atoms with Crippen LogP contribution in [0.3, 0.4) is 0 Å². The number of aromatic nitrogens is 1. The topological polar surface area (TPSA) is 59.1 Å². The quantitative estimate of drug-likeness (QED) is 0.842. The average Bonchev–Trinajstić information content (AvgIpc) is 2.27. The van der Waals surface area contributed by atoms with Gasteiger partial charge in [-0.05, 0) is 19.1 Å². The molecule has 1 aromatic heterocycles. The lowest BCUT2D eigenvalue weighted by Crippen LogP contribution is -2.28. The summed E-state index contributed by atoms with van der Waals surface area (Å²) in [6.07, 6.45) is -4.19. The second-order valence-corrected chi connectivity index (χ2v) is 3.61. The summed E-state index contributed by atoms with van der Waals surface area (Å²) in [7, 11) is 0. The second kappa shape index (κ2) is 5.61. The van der Waals surface area contributed by atoms with Crippen molar-refractivity contribution >= 4 is 11.7 Å². The van der Waals surface area contributed by atoms with E-state index >= 15 is 0 Å². The third-order valence-corrected chi connectivity index (χ3v) is 2.10. The lowest BCUT2D eigenvalue weighted by atomic mass is 10.2. The van der Waals surface area contributed by atoms with E-state index in [-0.39, 0.29) is 11.5 Å². The summed E-state index contributed by atoms with van der Waals surface area (Å²) >= 11 is 0. The summed E-state index contributed by atoms with van der Waals surface area (Å²) in [5, 5.41) is 2.10. The minimum atomic E-state index is -4.31. The Morgan fingerprint density at radius 1 is 1.33 bits per heavy atom. The number of ketones is 1. The summed E-state index contributed by atoms with van der Waals surface area (Å²) < 4.78 is 35.5. The van der Waals surface area contributed by atoms with Crippen molar-refractivity contribution < 1.29 is 22.8 Å². The van der Waals surface area contributed by atoms with Crippen LogP contribution in [0.1, 0.15) is 34.2 Å². The molecule has 4 nitrogen and oxygen atoms in total. The second-order valence-electron chi connectivity index (χ2n) is 3.61. The highest BCUT2D eigenvalue weighted by Crippen LogP contribution is 2.18. The van der Waals surface area contributed by atoms with Crippen molar-refractivity contribution in [2.75, 3.05) is 6.54 Å². The predicted molar refractivity (Wildman–Crippen MR) is 57.2 cm³/mol. The van der Waals surface area contributed by atoms with Crippen molar-refractivity contribution in [3.63, 3.8) is 0 Å². The first-order valence-electron chi connectivity index (χ1n) is 5.11. The number of Topliss-reactive ketones (excluding diaryl/α,β-unsaturated/α-hetero) is 1. The number of nitrogens with one attached hydrogen (secondary N) is 1. The van der Waals surface area contributed by atoms with E-state index in [4.69, 9.17) is 0 Å². The van der Waals surface area contributed by atoms with Crippen LogP contribution >= 0.6 is 0 Å². The van der Waals surface area contributed by atoms with Gasteiger partial charge in [-0.25, -0.2) is 0 Å². The van der Waals surface area contributed by atoms with Gasteiger partial charge in [0, 0.05) is 18.3 Å². The van der Waals surface area contributed by atoms with Crippen molar-refractivity contribution in [2.24, 2.45) is 0 Å². The Labute approximate surface area is 101 Å². The van der Waals surface area contributed by atoms with Gasteiger partial charge in [0.1, 0.15) is 5.69 Å². The summed E-state index contributed by atoms with van der Waals surface area (Å²) in [6, 6.07) is 2.69. The monoisotopic (exact) mass is 260 g/mol. The van der Waals surface area contributed by atoms with E-state index in [2.05, 4.69) is 10.3 Å². The third kappa shape index (κ3) is 4.52. The summed E-state index contributed by atoms with van der Waals surface area (Å²) in [4.78, 5) is 26.0. The highest BCUT2D eigenvalue weighted by Gasteiger charge is 2.26. The molecule has 1 N–H and O–H groups in total. The molecule has 0 spiro atoms. The standard InChI is InChI=1S/C11H11F3N2O2/c1-7(17)8-2-3-9(16-6-8)10(18)15-5-4-11(12,13)14/h2-3,6H,4-5H2,1H3,(H,15,18). The van der Waals surface area contributed by atoms with E-state index < -0.39 is 25.0 Å². The van der Waals surface area contributed by atoms with Crippen molar-refractivity contribution in [1.82, 2.24) is 10.3 Å². The zero-order valence-electron chi connectivity index (χ0n) is 9.54.